The maximum Gasteiger partial charge on any atom is 0.212 e. The van der Waals surface area contributed by atoms with Gasteiger partial charge in [-0.25, -0.2) is 13.1 Å². The lowest BCUT2D eigenvalue weighted by atomic mass is 9.97. The third-order valence-electron chi connectivity index (χ3n) is 3.68. The van der Waals surface area contributed by atoms with E-state index >= 15 is 0 Å². The molecule has 0 saturated carbocycles. The van der Waals surface area contributed by atoms with Crippen molar-refractivity contribution >= 4 is 10.0 Å². The lowest BCUT2D eigenvalue weighted by Crippen LogP contribution is -2.47. The number of hydrogen-bond acceptors (Lipinski definition) is 3. The van der Waals surface area contributed by atoms with Gasteiger partial charge in [0.1, 0.15) is 0 Å². The highest BCUT2D eigenvalue weighted by molar-refractivity contribution is 7.89. The first-order chi connectivity index (χ1) is 9.32. The van der Waals surface area contributed by atoms with Crippen LogP contribution in [0.4, 0.5) is 0 Å². The van der Waals surface area contributed by atoms with Crippen molar-refractivity contribution < 1.29 is 13.5 Å². The quantitative estimate of drug-likeness (QED) is 0.774. The van der Waals surface area contributed by atoms with E-state index in [-0.39, 0.29) is 18.3 Å². The zero-order valence-electron chi connectivity index (χ0n) is 12.5. The van der Waals surface area contributed by atoms with Crippen LogP contribution in [0.3, 0.4) is 0 Å². The first-order valence-corrected chi connectivity index (χ1v) is 8.64. The first-order valence-electron chi connectivity index (χ1n) is 6.99. The van der Waals surface area contributed by atoms with Gasteiger partial charge in [0.25, 0.3) is 0 Å². The van der Waals surface area contributed by atoms with Crippen molar-refractivity contribution in [3.05, 3.63) is 35.9 Å². The van der Waals surface area contributed by atoms with Gasteiger partial charge < -0.3 is 5.11 Å². The molecule has 4 nitrogen and oxygen atoms in total. The van der Waals surface area contributed by atoms with Gasteiger partial charge in [-0.2, -0.15) is 0 Å². The number of nitrogens with one attached hydrogen (secondary N) is 1. The van der Waals surface area contributed by atoms with Crippen molar-refractivity contribution in [2.75, 3.05) is 12.4 Å². The Morgan fingerprint density at radius 2 is 1.90 bits per heavy atom. The molecule has 1 aromatic carbocycles. The number of rotatable bonds is 8. The van der Waals surface area contributed by atoms with Crippen LogP contribution in [-0.2, 0) is 10.0 Å². The van der Waals surface area contributed by atoms with E-state index in [2.05, 4.69) is 4.72 Å². The molecule has 0 fully saturated rings. The molecule has 1 rings (SSSR count). The molecule has 1 aromatic rings. The molecule has 0 spiro atoms. The van der Waals surface area contributed by atoms with Crippen molar-refractivity contribution in [3.63, 3.8) is 0 Å². The van der Waals surface area contributed by atoms with Crippen LogP contribution in [0.1, 0.15) is 45.1 Å². The number of benzene rings is 1. The van der Waals surface area contributed by atoms with E-state index in [0.717, 1.165) is 5.56 Å². The van der Waals surface area contributed by atoms with E-state index < -0.39 is 15.6 Å². The summed E-state index contributed by atoms with van der Waals surface area (Å²) >= 11 is 0. The average Bonchev–Trinajstić information content (AvgIpc) is 2.38. The Hall–Kier alpha value is -0.910. The second kappa shape index (κ2) is 7.20. The van der Waals surface area contributed by atoms with E-state index in [1.807, 2.05) is 51.1 Å². The highest BCUT2D eigenvalue weighted by Gasteiger charge is 2.28. The molecule has 20 heavy (non-hydrogen) atoms. The highest BCUT2D eigenvalue weighted by atomic mass is 32.2. The van der Waals surface area contributed by atoms with Crippen LogP contribution in [0.25, 0.3) is 0 Å². The summed E-state index contributed by atoms with van der Waals surface area (Å²) in [4.78, 5) is 0. The van der Waals surface area contributed by atoms with Gasteiger partial charge in [-0.3, -0.25) is 0 Å². The molecule has 0 aromatic heterocycles. The van der Waals surface area contributed by atoms with Gasteiger partial charge in [-0.1, -0.05) is 44.2 Å². The van der Waals surface area contributed by atoms with Crippen LogP contribution < -0.4 is 4.72 Å². The summed E-state index contributed by atoms with van der Waals surface area (Å²) in [5, 5.41) is 9.05. The van der Waals surface area contributed by atoms with Crippen molar-refractivity contribution in [1.29, 1.82) is 0 Å². The van der Waals surface area contributed by atoms with Crippen molar-refractivity contribution in [2.24, 2.45) is 0 Å². The summed E-state index contributed by atoms with van der Waals surface area (Å²) in [7, 11) is -3.38. The Bertz CT molecular complexity index is 501. The molecule has 0 amide bonds. The van der Waals surface area contributed by atoms with Gasteiger partial charge >= 0.3 is 0 Å². The third-order valence-corrected chi connectivity index (χ3v) is 5.43. The van der Waals surface area contributed by atoms with E-state index in [1.54, 1.807) is 0 Å². The minimum atomic E-state index is -3.38. The fourth-order valence-corrected chi connectivity index (χ4v) is 4.10. The molecule has 0 aliphatic rings. The van der Waals surface area contributed by atoms with Crippen LogP contribution in [0, 0.1) is 0 Å². The lowest BCUT2D eigenvalue weighted by Gasteiger charge is -2.29. The topological polar surface area (TPSA) is 66.4 Å². The van der Waals surface area contributed by atoms with Crippen LogP contribution in [0.5, 0.6) is 0 Å². The molecular formula is C15H25NO3S. The zero-order valence-corrected chi connectivity index (χ0v) is 13.3. The highest BCUT2D eigenvalue weighted by Crippen LogP contribution is 2.20. The molecule has 0 saturated heterocycles. The molecule has 0 bridgehead atoms. The Morgan fingerprint density at radius 3 is 2.40 bits per heavy atom. The number of aliphatic hydroxyl groups is 1. The minimum Gasteiger partial charge on any atom is -0.396 e. The van der Waals surface area contributed by atoms with Crippen molar-refractivity contribution in [3.8, 4) is 0 Å². The van der Waals surface area contributed by atoms with E-state index in [4.69, 9.17) is 5.11 Å². The molecule has 2 unspecified atom stereocenters. The molecule has 0 heterocycles. The van der Waals surface area contributed by atoms with Gasteiger partial charge in [-0.15, -0.1) is 0 Å². The molecule has 5 heteroatoms. The molecular weight excluding hydrogens is 274 g/mol. The van der Waals surface area contributed by atoms with Crippen molar-refractivity contribution in [2.45, 2.75) is 45.1 Å². The summed E-state index contributed by atoms with van der Waals surface area (Å²) in [5.41, 5.74) is 0.433. The SMILES string of the molecule is CCC(C)(CCO)NS(=O)(=O)CC(C)c1ccccc1. The lowest BCUT2D eigenvalue weighted by molar-refractivity contribution is 0.233. The Morgan fingerprint density at radius 1 is 1.30 bits per heavy atom. The van der Waals surface area contributed by atoms with Gasteiger partial charge in [0.15, 0.2) is 0 Å². The standard InChI is InChI=1S/C15H25NO3S/c1-4-15(3,10-11-17)16-20(18,19)12-13(2)14-8-6-5-7-9-14/h5-9,13,16-17H,4,10-12H2,1-3H3. The average molecular weight is 299 g/mol. The van der Waals surface area contributed by atoms with Crippen LogP contribution in [-0.4, -0.2) is 31.4 Å². The van der Waals surface area contributed by atoms with Crippen LogP contribution in [0.15, 0.2) is 30.3 Å². The number of hydrogen-bond donors (Lipinski definition) is 2. The van der Waals surface area contributed by atoms with Gasteiger partial charge in [0, 0.05) is 12.1 Å². The molecule has 0 radical (unpaired) electrons. The van der Waals surface area contributed by atoms with Crippen LogP contribution in [0.2, 0.25) is 0 Å². The summed E-state index contributed by atoms with van der Waals surface area (Å²) in [6, 6.07) is 9.61. The monoisotopic (exact) mass is 299 g/mol. The fourth-order valence-electron chi connectivity index (χ4n) is 2.17. The molecule has 2 atom stereocenters. The smallest absolute Gasteiger partial charge is 0.212 e. The maximum atomic E-state index is 12.3. The molecule has 2 N–H and O–H groups in total. The normalized spacial score (nSPS) is 16.6. The van der Waals surface area contributed by atoms with Gasteiger partial charge in [0.2, 0.25) is 10.0 Å². The second-order valence-electron chi connectivity index (χ2n) is 5.58. The molecule has 0 aliphatic carbocycles. The summed E-state index contributed by atoms with van der Waals surface area (Å²) in [6.45, 7) is 5.62. The summed E-state index contributed by atoms with van der Waals surface area (Å²) in [6.07, 6.45) is 1.06. The van der Waals surface area contributed by atoms with E-state index in [9.17, 15) is 8.42 Å². The minimum absolute atomic E-state index is 0.0267. The molecule has 0 aliphatic heterocycles. The predicted octanol–water partition coefficient (Wildman–Crippen LogP) is 2.26. The Kier molecular flexibility index (Phi) is 6.17. The number of sulfonamides is 1. The van der Waals surface area contributed by atoms with Gasteiger partial charge in [-0.05, 0) is 31.2 Å². The first kappa shape index (κ1) is 17.1. The summed E-state index contributed by atoms with van der Waals surface area (Å²) < 4.78 is 27.3. The predicted molar refractivity (Wildman–Crippen MR) is 82.2 cm³/mol. The Balaban J connectivity index is 2.75. The largest absolute Gasteiger partial charge is 0.396 e. The Labute approximate surface area is 122 Å². The zero-order chi connectivity index (χ0) is 15.2. The molecule has 114 valence electrons. The third kappa shape index (κ3) is 5.23. The van der Waals surface area contributed by atoms with Gasteiger partial charge in [0.05, 0.1) is 5.75 Å². The number of aliphatic hydroxyl groups excluding tert-OH is 1. The van der Waals surface area contributed by atoms with Crippen molar-refractivity contribution in [1.82, 2.24) is 4.72 Å². The summed E-state index contributed by atoms with van der Waals surface area (Å²) in [5.74, 6) is -0.0122. The fraction of sp³-hybridized carbons (Fsp3) is 0.600. The second-order valence-corrected chi connectivity index (χ2v) is 7.35. The van der Waals surface area contributed by atoms with E-state index in [0.29, 0.717) is 12.8 Å². The van der Waals surface area contributed by atoms with E-state index in [1.165, 1.54) is 0 Å². The maximum absolute atomic E-state index is 12.3. The van der Waals surface area contributed by atoms with Crippen LogP contribution >= 0.6 is 0 Å².